The van der Waals surface area contributed by atoms with Gasteiger partial charge in [0.1, 0.15) is 0 Å². The number of amides is 2. The Hall–Kier alpha value is -1.91. The molecule has 120 valence electrons. The normalized spacial score (nSPS) is 19.8. The predicted molar refractivity (Wildman–Crippen MR) is 84.8 cm³/mol. The van der Waals surface area contributed by atoms with Crippen LogP contribution in [0.2, 0.25) is 0 Å². The average Bonchev–Trinajstić information content (AvgIpc) is 3.22. The molecule has 1 saturated carbocycles. The van der Waals surface area contributed by atoms with Gasteiger partial charge in [0.25, 0.3) is 0 Å². The van der Waals surface area contributed by atoms with Gasteiger partial charge in [0.2, 0.25) is 11.8 Å². The zero-order chi connectivity index (χ0) is 16.1. The van der Waals surface area contributed by atoms with Crippen LogP contribution in [0.15, 0.2) is 24.4 Å². The van der Waals surface area contributed by atoms with Gasteiger partial charge >= 0.3 is 0 Å². The molecule has 0 radical (unpaired) electrons. The maximum absolute atomic E-state index is 12.4. The molecule has 1 aliphatic carbocycles. The van der Waals surface area contributed by atoms with Gasteiger partial charge in [-0.05, 0) is 38.3 Å². The Balaban J connectivity index is 1.80. The van der Waals surface area contributed by atoms with E-state index in [9.17, 15) is 9.59 Å². The number of pyridine rings is 1. The Bertz CT molecular complexity index is 516. The standard InChI is InChI=1S/C17H25N3O2/c1-12(2)20(11-14-6-4-5-8-18-14)16(21)7-9-19-17(22)15-10-13(15)3/h4-6,8,12-13,15H,7,9-11H2,1-3H3,(H,19,22)/t13-,15-/m1/s1. The minimum atomic E-state index is 0.0461. The van der Waals surface area contributed by atoms with E-state index in [1.807, 2.05) is 32.0 Å². The molecule has 22 heavy (non-hydrogen) atoms. The zero-order valence-corrected chi connectivity index (χ0v) is 13.6. The second-order valence-electron chi connectivity index (χ2n) is 6.30. The Labute approximate surface area is 132 Å². The van der Waals surface area contributed by atoms with Gasteiger partial charge in [-0.2, -0.15) is 0 Å². The highest BCUT2D eigenvalue weighted by Gasteiger charge is 2.38. The molecule has 2 rings (SSSR count). The molecule has 0 saturated heterocycles. The third-order valence-corrected chi connectivity index (χ3v) is 4.09. The van der Waals surface area contributed by atoms with Crippen LogP contribution < -0.4 is 5.32 Å². The lowest BCUT2D eigenvalue weighted by Crippen LogP contribution is -2.39. The molecular weight excluding hydrogens is 278 g/mol. The fraction of sp³-hybridized carbons (Fsp3) is 0.588. The number of hydrogen-bond donors (Lipinski definition) is 1. The van der Waals surface area contributed by atoms with Crippen LogP contribution in [0.5, 0.6) is 0 Å². The minimum Gasteiger partial charge on any atom is -0.355 e. The monoisotopic (exact) mass is 303 g/mol. The Morgan fingerprint density at radius 1 is 1.41 bits per heavy atom. The molecule has 1 aromatic heterocycles. The van der Waals surface area contributed by atoms with E-state index in [0.29, 0.717) is 25.4 Å². The topological polar surface area (TPSA) is 62.3 Å². The van der Waals surface area contributed by atoms with Gasteiger partial charge < -0.3 is 10.2 Å². The van der Waals surface area contributed by atoms with Gasteiger partial charge in [-0.1, -0.05) is 13.0 Å². The summed E-state index contributed by atoms with van der Waals surface area (Å²) in [5.41, 5.74) is 0.875. The van der Waals surface area contributed by atoms with E-state index in [1.165, 1.54) is 0 Å². The van der Waals surface area contributed by atoms with Crippen molar-refractivity contribution in [1.82, 2.24) is 15.2 Å². The summed E-state index contributed by atoms with van der Waals surface area (Å²) in [5.74, 6) is 0.780. The van der Waals surface area contributed by atoms with E-state index in [1.54, 1.807) is 11.1 Å². The molecule has 1 aromatic rings. The first-order valence-corrected chi connectivity index (χ1v) is 7.96. The van der Waals surface area contributed by atoms with Crippen LogP contribution in [0.3, 0.4) is 0 Å². The maximum atomic E-state index is 12.4. The van der Waals surface area contributed by atoms with Crippen molar-refractivity contribution in [3.63, 3.8) is 0 Å². The smallest absolute Gasteiger partial charge is 0.224 e. The van der Waals surface area contributed by atoms with E-state index in [4.69, 9.17) is 0 Å². The van der Waals surface area contributed by atoms with E-state index in [0.717, 1.165) is 12.1 Å². The molecule has 5 heteroatoms. The van der Waals surface area contributed by atoms with Crippen molar-refractivity contribution in [3.05, 3.63) is 30.1 Å². The van der Waals surface area contributed by atoms with Crippen molar-refractivity contribution in [3.8, 4) is 0 Å². The van der Waals surface area contributed by atoms with Crippen molar-refractivity contribution in [2.24, 2.45) is 11.8 Å². The van der Waals surface area contributed by atoms with Gasteiger partial charge in [-0.15, -0.1) is 0 Å². The second-order valence-corrected chi connectivity index (χ2v) is 6.30. The number of hydrogen-bond acceptors (Lipinski definition) is 3. The van der Waals surface area contributed by atoms with E-state index in [2.05, 4.69) is 17.2 Å². The lowest BCUT2D eigenvalue weighted by Gasteiger charge is -2.26. The highest BCUT2D eigenvalue weighted by atomic mass is 16.2. The first-order valence-electron chi connectivity index (χ1n) is 7.96. The lowest BCUT2D eigenvalue weighted by atomic mass is 10.2. The second kappa shape index (κ2) is 7.38. The van der Waals surface area contributed by atoms with Crippen LogP contribution in [-0.4, -0.2) is 34.3 Å². The van der Waals surface area contributed by atoms with Crippen LogP contribution in [0.1, 0.15) is 39.3 Å². The fourth-order valence-corrected chi connectivity index (χ4v) is 2.48. The first-order chi connectivity index (χ1) is 10.5. The van der Waals surface area contributed by atoms with Crippen LogP contribution in [-0.2, 0) is 16.1 Å². The quantitative estimate of drug-likeness (QED) is 0.838. The molecular formula is C17H25N3O2. The molecule has 1 N–H and O–H groups in total. The Morgan fingerprint density at radius 2 is 2.14 bits per heavy atom. The summed E-state index contributed by atoms with van der Waals surface area (Å²) in [6.45, 7) is 6.97. The fourth-order valence-electron chi connectivity index (χ4n) is 2.48. The number of nitrogens with zero attached hydrogens (tertiary/aromatic N) is 2. The van der Waals surface area contributed by atoms with E-state index < -0.39 is 0 Å². The molecule has 0 aliphatic heterocycles. The molecule has 1 fully saturated rings. The van der Waals surface area contributed by atoms with Crippen LogP contribution in [0.25, 0.3) is 0 Å². The van der Waals surface area contributed by atoms with Crippen molar-refractivity contribution in [1.29, 1.82) is 0 Å². The van der Waals surface area contributed by atoms with Gasteiger partial charge in [0.05, 0.1) is 12.2 Å². The minimum absolute atomic E-state index is 0.0461. The van der Waals surface area contributed by atoms with Crippen molar-refractivity contribution in [2.45, 2.75) is 46.2 Å². The Kier molecular flexibility index (Phi) is 5.52. The molecule has 0 unspecified atom stereocenters. The van der Waals surface area contributed by atoms with Gasteiger partial charge in [-0.25, -0.2) is 0 Å². The Morgan fingerprint density at radius 3 is 2.68 bits per heavy atom. The van der Waals surface area contributed by atoms with Crippen molar-refractivity contribution in [2.75, 3.05) is 6.54 Å². The van der Waals surface area contributed by atoms with Crippen molar-refractivity contribution < 1.29 is 9.59 Å². The molecule has 1 aliphatic rings. The van der Waals surface area contributed by atoms with Gasteiger partial charge in [-0.3, -0.25) is 14.6 Å². The van der Waals surface area contributed by atoms with E-state index in [-0.39, 0.29) is 23.8 Å². The summed E-state index contributed by atoms with van der Waals surface area (Å²) < 4.78 is 0. The third-order valence-electron chi connectivity index (χ3n) is 4.09. The molecule has 0 bridgehead atoms. The summed E-state index contributed by atoms with van der Waals surface area (Å²) in [7, 11) is 0. The summed E-state index contributed by atoms with van der Waals surface area (Å²) in [6, 6.07) is 5.80. The maximum Gasteiger partial charge on any atom is 0.224 e. The molecule has 0 aromatic carbocycles. The zero-order valence-electron chi connectivity index (χ0n) is 13.6. The summed E-state index contributed by atoms with van der Waals surface area (Å²) in [4.78, 5) is 30.2. The number of nitrogens with one attached hydrogen (secondary N) is 1. The highest BCUT2D eigenvalue weighted by molar-refractivity contribution is 5.82. The first kappa shape index (κ1) is 16.5. The summed E-state index contributed by atoms with van der Waals surface area (Å²) >= 11 is 0. The highest BCUT2D eigenvalue weighted by Crippen LogP contribution is 2.37. The largest absolute Gasteiger partial charge is 0.355 e. The van der Waals surface area contributed by atoms with Crippen LogP contribution in [0.4, 0.5) is 0 Å². The van der Waals surface area contributed by atoms with Crippen LogP contribution in [0, 0.1) is 11.8 Å². The van der Waals surface area contributed by atoms with Crippen molar-refractivity contribution >= 4 is 11.8 Å². The van der Waals surface area contributed by atoms with Crippen LogP contribution >= 0.6 is 0 Å². The third kappa shape index (κ3) is 4.55. The number of rotatable bonds is 7. The summed E-state index contributed by atoms with van der Waals surface area (Å²) in [5, 5.41) is 2.86. The average molecular weight is 303 g/mol. The SMILES string of the molecule is CC(C)N(Cc1ccccn1)C(=O)CCNC(=O)[C@@H]1C[C@H]1C. The molecule has 2 atom stereocenters. The summed E-state index contributed by atoms with van der Waals surface area (Å²) in [6.07, 6.45) is 3.03. The van der Waals surface area contributed by atoms with E-state index >= 15 is 0 Å². The number of carbonyl (C=O) groups excluding carboxylic acids is 2. The number of aromatic nitrogens is 1. The lowest BCUT2D eigenvalue weighted by molar-refractivity contribution is -0.133. The molecule has 0 spiro atoms. The predicted octanol–water partition coefficient (Wildman–Crippen LogP) is 1.98. The van der Waals surface area contributed by atoms with Gasteiger partial charge in [0.15, 0.2) is 0 Å². The van der Waals surface area contributed by atoms with Gasteiger partial charge in [0, 0.05) is 31.1 Å². The molecule has 2 amide bonds. The molecule has 1 heterocycles. The molecule has 5 nitrogen and oxygen atoms in total. The number of carbonyl (C=O) groups is 2.